The maximum atomic E-state index is 14.2. The Morgan fingerprint density at radius 1 is 1.10 bits per heavy atom. The smallest absolute Gasteiger partial charge is 0.259 e. The maximum absolute atomic E-state index is 14.2. The molecule has 4 rings (SSSR count). The van der Waals surface area contributed by atoms with Crippen molar-refractivity contribution >= 4 is 5.69 Å². The van der Waals surface area contributed by atoms with Crippen LogP contribution >= 0.6 is 0 Å². The predicted octanol–water partition coefficient (Wildman–Crippen LogP) is 3.33. The molecule has 2 aromatic heterocycles. The quantitative estimate of drug-likeness (QED) is 0.684. The van der Waals surface area contributed by atoms with Gasteiger partial charge in [-0.3, -0.25) is 14.7 Å². The summed E-state index contributed by atoms with van der Waals surface area (Å²) < 4.78 is 15.9. The van der Waals surface area contributed by atoms with Crippen molar-refractivity contribution in [2.45, 2.75) is 26.4 Å². The predicted molar refractivity (Wildman–Crippen MR) is 119 cm³/mol. The highest BCUT2D eigenvalue weighted by Gasteiger charge is 2.31. The normalized spacial score (nSPS) is 15.8. The lowest BCUT2D eigenvalue weighted by Crippen LogP contribution is -2.49. The van der Waals surface area contributed by atoms with E-state index in [9.17, 15) is 14.3 Å². The molecule has 1 aliphatic rings. The second-order valence-electron chi connectivity index (χ2n) is 7.79. The molecule has 0 saturated carbocycles. The fraction of sp³-hybridized carbons (Fsp3) is 0.333. The second kappa shape index (κ2) is 8.89. The highest BCUT2D eigenvalue weighted by atomic mass is 19.1. The van der Waals surface area contributed by atoms with E-state index in [-0.39, 0.29) is 17.1 Å². The number of aromatic nitrogens is 2. The van der Waals surface area contributed by atoms with E-state index < -0.39 is 6.04 Å². The lowest BCUT2D eigenvalue weighted by Gasteiger charge is -2.40. The minimum Gasteiger partial charge on any atom is -0.507 e. The molecule has 3 heterocycles. The van der Waals surface area contributed by atoms with Crippen LogP contribution in [0.3, 0.4) is 0 Å². The number of halogens is 1. The van der Waals surface area contributed by atoms with E-state index in [2.05, 4.69) is 9.88 Å². The van der Waals surface area contributed by atoms with E-state index in [1.165, 1.54) is 6.07 Å². The first-order valence-electron chi connectivity index (χ1n) is 10.6. The number of benzene rings is 1. The number of anilines is 1. The lowest BCUT2D eigenvalue weighted by molar-refractivity contribution is 0.207. The molecule has 162 valence electrons. The molecule has 0 bridgehead atoms. The van der Waals surface area contributed by atoms with Crippen molar-refractivity contribution in [1.29, 1.82) is 0 Å². The van der Waals surface area contributed by atoms with Gasteiger partial charge in [-0.25, -0.2) is 4.39 Å². The van der Waals surface area contributed by atoms with Crippen LogP contribution in [0.4, 0.5) is 10.1 Å². The van der Waals surface area contributed by atoms with Gasteiger partial charge in [-0.15, -0.1) is 0 Å². The fourth-order valence-corrected chi connectivity index (χ4v) is 4.45. The summed E-state index contributed by atoms with van der Waals surface area (Å²) in [6.45, 7) is 6.77. The molecule has 1 saturated heterocycles. The maximum Gasteiger partial charge on any atom is 0.259 e. The Kier molecular flexibility index (Phi) is 6.04. The molecule has 1 aromatic carbocycles. The summed E-state index contributed by atoms with van der Waals surface area (Å²) in [5.41, 5.74) is 2.41. The molecule has 0 aliphatic carbocycles. The van der Waals surface area contributed by atoms with Crippen molar-refractivity contribution in [1.82, 2.24) is 14.5 Å². The SMILES string of the molecule is CCn1c(C)cc(O)c([C@H](c2ccncc2)N2CCN(c3ccccc3F)CC2)c1=O. The molecule has 3 aromatic rings. The van der Waals surface area contributed by atoms with Crippen molar-refractivity contribution < 1.29 is 9.50 Å². The number of aromatic hydroxyl groups is 1. The van der Waals surface area contributed by atoms with Crippen LogP contribution in [0.15, 0.2) is 59.7 Å². The van der Waals surface area contributed by atoms with Crippen LogP contribution in [0, 0.1) is 12.7 Å². The third-order valence-corrected chi connectivity index (χ3v) is 6.01. The average Bonchev–Trinajstić information content (AvgIpc) is 2.78. The zero-order valence-corrected chi connectivity index (χ0v) is 17.8. The molecule has 1 fully saturated rings. The van der Waals surface area contributed by atoms with Gasteiger partial charge in [-0.2, -0.15) is 0 Å². The summed E-state index contributed by atoms with van der Waals surface area (Å²) in [5, 5.41) is 10.8. The van der Waals surface area contributed by atoms with E-state index in [1.54, 1.807) is 35.2 Å². The fourth-order valence-electron chi connectivity index (χ4n) is 4.45. The van der Waals surface area contributed by atoms with Crippen LogP contribution in [-0.4, -0.2) is 45.7 Å². The molecule has 6 nitrogen and oxygen atoms in total. The summed E-state index contributed by atoms with van der Waals surface area (Å²) >= 11 is 0. The highest BCUT2D eigenvalue weighted by molar-refractivity contribution is 5.48. The van der Waals surface area contributed by atoms with Gasteiger partial charge >= 0.3 is 0 Å². The monoisotopic (exact) mass is 422 g/mol. The molecule has 7 heteroatoms. The topological polar surface area (TPSA) is 61.6 Å². The van der Waals surface area contributed by atoms with Crippen molar-refractivity contribution in [2.24, 2.45) is 0 Å². The molecule has 1 aliphatic heterocycles. The van der Waals surface area contributed by atoms with E-state index in [0.29, 0.717) is 44.0 Å². The van der Waals surface area contributed by atoms with Crippen molar-refractivity contribution in [2.75, 3.05) is 31.1 Å². The van der Waals surface area contributed by atoms with Crippen LogP contribution in [0.25, 0.3) is 0 Å². The number of pyridine rings is 2. The van der Waals surface area contributed by atoms with Gasteiger partial charge in [0.25, 0.3) is 5.56 Å². The molecule has 0 amide bonds. The van der Waals surface area contributed by atoms with Gasteiger partial charge in [0.05, 0.1) is 17.3 Å². The first-order valence-corrected chi connectivity index (χ1v) is 10.6. The summed E-state index contributed by atoms with van der Waals surface area (Å²) in [4.78, 5) is 21.6. The van der Waals surface area contributed by atoms with Crippen LogP contribution in [0.5, 0.6) is 5.75 Å². The van der Waals surface area contributed by atoms with E-state index in [0.717, 1.165) is 11.3 Å². The zero-order valence-electron chi connectivity index (χ0n) is 17.8. The number of rotatable bonds is 5. The Labute approximate surface area is 181 Å². The molecule has 1 atom stereocenters. The average molecular weight is 423 g/mol. The summed E-state index contributed by atoms with van der Waals surface area (Å²) in [7, 11) is 0. The minimum atomic E-state index is -0.406. The molecule has 31 heavy (non-hydrogen) atoms. The molecule has 0 spiro atoms. The number of hydrogen-bond donors (Lipinski definition) is 1. The van der Waals surface area contributed by atoms with Crippen LogP contribution in [0.1, 0.15) is 29.8 Å². The van der Waals surface area contributed by atoms with E-state index in [1.807, 2.05) is 36.9 Å². The third-order valence-electron chi connectivity index (χ3n) is 6.01. The van der Waals surface area contributed by atoms with Crippen LogP contribution < -0.4 is 10.5 Å². The van der Waals surface area contributed by atoms with Crippen molar-refractivity contribution in [3.63, 3.8) is 0 Å². The molecular weight excluding hydrogens is 395 g/mol. The Morgan fingerprint density at radius 3 is 2.42 bits per heavy atom. The Balaban J connectivity index is 1.71. The first-order chi connectivity index (χ1) is 15.0. The largest absolute Gasteiger partial charge is 0.507 e. The van der Waals surface area contributed by atoms with Gasteiger partial charge in [0.2, 0.25) is 0 Å². The first kappa shape index (κ1) is 21.1. The summed E-state index contributed by atoms with van der Waals surface area (Å²) in [6, 6.07) is 11.8. The molecule has 1 N–H and O–H groups in total. The Morgan fingerprint density at radius 2 is 1.77 bits per heavy atom. The van der Waals surface area contributed by atoms with Gasteiger partial charge < -0.3 is 14.6 Å². The molecule has 0 unspecified atom stereocenters. The van der Waals surface area contributed by atoms with Crippen molar-refractivity contribution in [3.8, 4) is 5.75 Å². The van der Waals surface area contributed by atoms with Crippen LogP contribution in [-0.2, 0) is 6.54 Å². The van der Waals surface area contributed by atoms with E-state index >= 15 is 0 Å². The van der Waals surface area contributed by atoms with E-state index in [4.69, 9.17) is 0 Å². The zero-order chi connectivity index (χ0) is 22.0. The van der Waals surface area contributed by atoms with Gasteiger partial charge in [0, 0.05) is 50.8 Å². The molecular formula is C24H27FN4O2. The minimum absolute atomic E-state index is 0.00513. The van der Waals surface area contributed by atoms with Gasteiger partial charge in [0.15, 0.2) is 0 Å². The van der Waals surface area contributed by atoms with Crippen molar-refractivity contribution in [3.05, 3.63) is 87.9 Å². The Hall–Kier alpha value is -3.19. The number of aryl methyl sites for hydroxylation is 1. The molecule has 0 radical (unpaired) electrons. The van der Waals surface area contributed by atoms with Gasteiger partial charge in [-0.1, -0.05) is 12.1 Å². The number of hydrogen-bond acceptors (Lipinski definition) is 5. The van der Waals surface area contributed by atoms with Gasteiger partial charge in [-0.05, 0) is 49.7 Å². The van der Waals surface area contributed by atoms with Crippen LogP contribution in [0.2, 0.25) is 0 Å². The van der Waals surface area contributed by atoms with Gasteiger partial charge in [0.1, 0.15) is 11.6 Å². The number of piperazine rings is 1. The standard InChI is InChI=1S/C24H27FN4O2/c1-3-29-17(2)16-21(30)22(24(29)31)23(18-8-10-26-11-9-18)28-14-12-27(13-15-28)20-7-5-4-6-19(20)25/h4-11,16,23,30H,3,12-15H2,1-2H3/t23-/m0/s1. The highest BCUT2D eigenvalue weighted by Crippen LogP contribution is 2.33. The Bertz CT molecular complexity index is 1110. The summed E-state index contributed by atoms with van der Waals surface area (Å²) in [5.74, 6) is -0.228. The third kappa shape index (κ3) is 4.05. The summed E-state index contributed by atoms with van der Waals surface area (Å²) in [6.07, 6.45) is 3.39. The number of nitrogens with zero attached hydrogens (tertiary/aromatic N) is 4. The second-order valence-corrected chi connectivity index (χ2v) is 7.79. The lowest BCUT2D eigenvalue weighted by atomic mass is 9.96. The number of para-hydroxylation sites is 1.